The van der Waals surface area contributed by atoms with Gasteiger partial charge in [-0.3, -0.25) is 14.4 Å². The fourth-order valence-corrected chi connectivity index (χ4v) is 7.06. The molecule has 2 heterocycles. The molecule has 0 spiro atoms. The highest BCUT2D eigenvalue weighted by molar-refractivity contribution is 5.98. The van der Waals surface area contributed by atoms with Crippen LogP contribution in [0.15, 0.2) is 0 Å². The van der Waals surface area contributed by atoms with Crippen LogP contribution in [0, 0.1) is 35.5 Å². The van der Waals surface area contributed by atoms with Crippen molar-refractivity contribution >= 4 is 17.5 Å². The van der Waals surface area contributed by atoms with Crippen LogP contribution < -0.4 is 5.32 Å². The molecule has 0 aromatic rings. The van der Waals surface area contributed by atoms with Gasteiger partial charge in [0.05, 0.1) is 30.7 Å². The van der Waals surface area contributed by atoms with Gasteiger partial charge in [-0.1, -0.05) is 34.6 Å². The van der Waals surface area contributed by atoms with E-state index in [0.717, 1.165) is 0 Å². The second kappa shape index (κ2) is 15.5. The zero-order valence-corrected chi connectivity index (χ0v) is 27.9. The number of esters is 1. The predicted octanol–water partition coefficient (Wildman–Crippen LogP) is 2.85. The number of hydrogen-bond donors (Lipinski definition) is 2. The van der Waals surface area contributed by atoms with Crippen molar-refractivity contribution in [1.82, 2.24) is 4.90 Å². The Balaban J connectivity index is 2.55. The summed E-state index contributed by atoms with van der Waals surface area (Å²) in [5, 5.41) is 13.2. The molecule has 0 amide bonds. The van der Waals surface area contributed by atoms with E-state index in [-0.39, 0.29) is 66.4 Å². The minimum atomic E-state index is -0.973. The van der Waals surface area contributed by atoms with Crippen molar-refractivity contribution in [2.45, 2.75) is 123 Å². The summed E-state index contributed by atoms with van der Waals surface area (Å²) in [5.74, 6) is -3.42. The summed E-state index contributed by atoms with van der Waals surface area (Å²) in [6, 6.07) is -0.417. The first kappa shape index (κ1) is 36.8. The Labute approximate surface area is 253 Å². The third-order valence-corrected chi connectivity index (χ3v) is 10.4. The molecule has 244 valence electrons. The lowest BCUT2D eigenvalue weighted by Gasteiger charge is -2.48. The van der Waals surface area contributed by atoms with Gasteiger partial charge in [0.2, 0.25) is 0 Å². The fraction of sp³-hybridized carbons (Fsp3) is 0.906. The molecule has 0 aromatic heterocycles. The summed E-state index contributed by atoms with van der Waals surface area (Å²) in [6.07, 6.45) is -0.704. The van der Waals surface area contributed by atoms with Gasteiger partial charge < -0.3 is 35.3 Å². The molecule has 2 aliphatic heterocycles. The Morgan fingerprint density at radius 2 is 1.69 bits per heavy atom. The minimum absolute atomic E-state index is 0.0116. The molecular formula is C32H59N3O7. The first-order chi connectivity index (χ1) is 19.5. The number of nitrogens with zero attached hydrogens (tertiary/aromatic N) is 1. The number of nitrogens with one attached hydrogen (secondary N) is 1. The number of carbonyl (C=O) groups is 3. The highest BCUT2D eigenvalue weighted by Crippen LogP contribution is 2.40. The van der Waals surface area contributed by atoms with Crippen molar-refractivity contribution in [2.24, 2.45) is 35.5 Å². The SMILES string of the molecule is CCC1OC(=O)C(C)C(=O)CC(C)C(C)(OC2OC(C)CC(N(C)C)C2O)C(C)CC(C)C(=O)C(C[NH-])C([NH2+]C)C1C. The number of likely N-dealkylation sites (N-methyl/N-ethyl adjacent to an activating group) is 1. The smallest absolute Gasteiger partial charge is 0.316 e. The third-order valence-electron chi connectivity index (χ3n) is 10.4. The second-order valence-corrected chi connectivity index (χ2v) is 13.6. The third kappa shape index (κ3) is 8.18. The number of aliphatic hydroxyl groups excluding tert-OH is 1. The Morgan fingerprint density at radius 3 is 2.21 bits per heavy atom. The summed E-state index contributed by atoms with van der Waals surface area (Å²) in [7, 11) is 5.73. The molecule has 13 atom stereocenters. The maximum atomic E-state index is 13.9. The zero-order valence-electron chi connectivity index (χ0n) is 27.9. The number of quaternary nitrogens is 1. The minimum Gasteiger partial charge on any atom is -0.677 e. The van der Waals surface area contributed by atoms with Gasteiger partial charge in [0.1, 0.15) is 29.7 Å². The van der Waals surface area contributed by atoms with Crippen molar-refractivity contribution in [2.75, 3.05) is 27.7 Å². The standard InChI is InChI=1S/C32H58N3O7/c1-12-26-22(7)27(34-9)23(16-33)28(37)17(2)13-18(3)32(8,19(4)14-25(36)21(6)30(39)41-26)42-31-29(38)24(35(10)11)15-20(5)40-31/h17-24,26-27,29,31,33-34,38H,12-16H2,1-11H3/q-1/p+1. The molecule has 0 aromatic carbocycles. The van der Waals surface area contributed by atoms with E-state index < -0.39 is 41.9 Å². The molecule has 10 nitrogen and oxygen atoms in total. The number of Topliss-reactive ketones (excluding diaryl/α,β-unsaturated/α-hetero) is 2. The topological polar surface area (TPSA) is 143 Å². The van der Waals surface area contributed by atoms with Gasteiger partial charge in [0, 0.05) is 24.3 Å². The van der Waals surface area contributed by atoms with Gasteiger partial charge in [-0.2, -0.15) is 0 Å². The molecule has 2 saturated heterocycles. The molecule has 0 bridgehead atoms. The van der Waals surface area contributed by atoms with Crippen LogP contribution in [-0.2, 0) is 28.6 Å². The van der Waals surface area contributed by atoms with Gasteiger partial charge in [-0.15, -0.1) is 6.54 Å². The summed E-state index contributed by atoms with van der Waals surface area (Å²) in [5.41, 5.74) is 7.35. The van der Waals surface area contributed by atoms with E-state index in [1.54, 1.807) is 6.92 Å². The number of hydrogen-bond acceptors (Lipinski definition) is 8. The lowest BCUT2D eigenvalue weighted by Crippen LogP contribution is -2.90. The van der Waals surface area contributed by atoms with Crippen LogP contribution in [0.4, 0.5) is 0 Å². The number of nitrogens with two attached hydrogens (primary N) is 1. The fourth-order valence-electron chi connectivity index (χ4n) is 7.06. The first-order valence-corrected chi connectivity index (χ1v) is 15.9. The highest BCUT2D eigenvalue weighted by atomic mass is 16.7. The van der Waals surface area contributed by atoms with Crippen molar-refractivity contribution in [3.8, 4) is 0 Å². The molecule has 4 N–H and O–H groups in total. The Morgan fingerprint density at radius 1 is 1.07 bits per heavy atom. The molecule has 2 fully saturated rings. The summed E-state index contributed by atoms with van der Waals surface area (Å²) in [4.78, 5) is 42.6. The normalized spacial score (nSPS) is 43.5. The van der Waals surface area contributed by atoms with Gasteiger partial charge in [-0.05, 0) is 66.0 Å². The number of ketones is 2. The molecule has 13 unspecified atom stereocenters. The number of ether oxygens (including phenoxy) is 3. The number of carbonyl (C=O) groups excluding carboxylic acids is 3. The summed E-state index contributed by atoms with van der Waals surface area (Å²) >= 11 is 0. The van der Waals surface area contributed by atoms with Gasteiger partial charge >= 0.3 is 5.97 Å². The monoisotopic (exact) mass is 597 g/mol. The quantitative estimate of drug-likeness (QED) is 0.352. The summed E-state index contributed by atoms with van der Waals surface area (Å²) in [6.45, 7) is 15.1. The van der Waals surface area contributed by atoms with E-state index in [9.17, 15) is 19.5 Å². The van der Waals surface area contributed by atoms with E-state index in [0.29, 0.717) is 19.3 Å². The van der Waals surface area contributed by atoms with Crippen LogP contribution in [0.25, 0.3) is 5.73 Å². The van der Waals surface area contributed by atoms with Gasteiger partial charge in [-0.25, -0.2) is 0 Å². The maximum Gasteiger partial charge on any atom is 0.316 e. The van der Waals surface area contributed by atoms with Crippen LogP contribution in [-0.4, -0.2) is 97.5 Å². The van der Waals surface area contributed by atoms with E-state index in [1.807, 2.05) is 79.8 Å². The van der Waals surface area contributed by atoms with Crippen molar-refractivity contribution in [1.29, 1.82) is 0 Å². The molecule has 2 rings (SSSR count). The maximum absolute atomic E-state index is 13.9. The Hall–Kier alpha value is -1.43. The van der Waals surface area contributed by atoms with Crippen LogP contribution >= 0.6 is 0 Å². The van der Waals surface area contributed by atoms with Crippen molar-refractivity contribution in [3.63, 3.8) is 0 Å². The second-order valence-electron chi connectivity index (χ2n) is 13.6. The molecule has 0 radical (unpaired) electrons. The molecule has 42 heavy (non-hydrogen) atoms. The van der Waals surface area contributed by atoms with Crippen LogP contribution in [0.2, 0.25) is 0 Å². The average Bonchev–Trinajstić information content (AvgIpc) is 2.93. The highest BCUT2D eigenvalue weighted by Gasteiger charge is 2.48. The molecular weight excluding hydrogens is 538 g/mol. The number of rotatable bonds is 6. The zero-order chi connectivity index (χ0) is 32.1. The van der Waals surface area contributed by atoms with Crippen molar-refractivity contribution in [3.05, 3.63) is 5.73 Å². The first-order valence-electron chi connectivity index (χ1n) is 15.9. The van der Waals surface area contributed by atoms with Crippen LogP contribution in [0.1, 0.15) is 81.1 Å². The predicted molar refractivity (Wildman–Crippen MR) is 161 cm³/mol. The van der Waals surface area contributed by atoms with Crippen molar-refractivity contribution < 1.29 is 39.0 Å². The Bertz CT molecular complexity index is 917. The van der Waals surface area contributed by atoms with Gasteiger partial charge in [0.15, 0.2) is 6.29 Å². The summed E-state index contributed by atoms with van der Waals surface area (Å²) < 4.78 is 18.7. The van der Waals surface area contributed by atoms with Crippen LogP contribution in [0.5, 0.6) is 0 Å². The lowest BCUT2D eigenvalue weighted by atomic mass is 9.71. The van der Waals surface area contributed by atoms with E-state index in [1.165, 1.54) is 0 Å². The molecule has 0 saturated carbocycles. The van der Waals surface area contributed by atoms with Gasteiger partial charge in [0.25, 0.3) is 0 Å². The largest absolute Gasteiger partial charge is 0.677 e. The van der Waals surface area contributed by atoms with E-state index >= 15 is 0 Å². The lowest BCUT2D eigenvalue weighted by molar-refractivity contribution is -0.676. The average molecular weight is 598 g/mol. The Kier molecular flexibility index (Phi) is 13.6. The molecule has 10 heteroatoms. The number of aliphatic hydroxyl groups is 1. The van der Waals surface area contributed by atoms with Crippen LogP contribution in [0.3, 0.4) is 0 Å². The molecule has 0 aliphatic carbocycles. The molecule has 2 aliphatic rings. The van der Waals surface area contributed by atoms with E-state index in [4.69, 9.17) is 19.9 Å². The number of cyclic esters (lactones) is 1. The van der Waals surface area contributed by atoms with E-state index in [2.05, 4.69) is 0 Å².